The topological polar surface area (TPSA) is 50.5 Å². The molecule has 0 saturated heterocycles. The van der Waals surface area contributed by atoms with E-state index in [1.807, 2.05) is 49.7 Å². The van der Waals surface area contributed by atoms with E-state index in [0.29, 0.717) is 12.2 Å². The lowest BCUT2D eigenvalue weighted by Gasteiger charge is -2.17. The lowest BCUT2D eigenvalue weighted by Crippen LogP contribution is -2.30. The summed E-state index contributed by atoms with van der Waals surface area (Å²) in [4.78, 5) is 23.2. The van der Waals surface area contributed by atoms with Gasteiger partial charge in [-0.2, -0.15) is 0 Å². The van der Waals surface area contributed by atoms with E-state index in [2.05, 4.69) is 25.9 Å². The van der Waals surface area contributed by atoms with Crippen molar-refractivity contribution in [1.29, 1.82) is 0 Å². The lowest BCUT2D eigenvalue weighted by atomic mass is 10.2. The maximum absolute atomic E-state index is 12.9. The quantitative estimate of drug-likeness (QED) is 0.689. The van der Waals surface area contributed by atoms with Gasteiger partial charge in [0, 0.05) is 32.2 Å². The number of nitrogens with zero attached hydrogens (tertiary/aromatic N) is 4. The first-order valence-electron chi connectivity index (χ1n) is 7.76. The van der Waals surface area contributed by atoms with Crippen LogP contribution in [0.4, 0.5) is 0 Å². The minimum absolute atomic E-state index is 0.0217. The Labute approximate surface area is 149 Å². The summed E-state index contributed by atoms with van der Waals surface area (Å²) in [5.41, 5.74) is 4.36. The lowest BCUT2D eigenvalue weighted by molar-refractivity contribution is 0.0789. The maximum Gasteiger partial charge on any atom is 0.272 e. The first-order chi connectivity index (χ1) is 11.5. The van der Waals surface area contributed by atoms with Crippen LogP contribution in [-0.2, 0) is 6.42 Å². The molecule has 0 aliphatic heterocycles. The van der Waals surface area contributed by atoms with Crippen molar-refractivity contribution >= 4 is 27.5 Å². The Morgan fingerprint density at radius 3 is 2.71 bits per heavy atom. The number of imidazole rings is 1. The number of aryl methyl sites for hydroxylation is 2. The van der Waals surface area contributed by atoms with Crippen molar-refractivity contribution in [2.75, 3.05) is 13.6 Å². The summed E-state index contributed by atoms with van der Waals surface area (Å²) >= 11 is 3.53. The van der Waals surface area contributed by atoms with Gasteiger partial charge >= 0.3 is 0 Å². The number of hydrogen-bond donors (Lipinski definition) is 0. The molecule has 0 saturated carbocycles. The molecular weight excluding hydrogens is 368 g/mol. The molecule has 0 spiro atoms. The molecule has 3 aromatic rings. The number of halogens is 1. The molecule has 124 valence electrons. The Balaban J connectivity index is 1.86. The summed E-state index contributed by atoms with van der Waals surface area (Å²) in [5, 5.41) is 0. The molecule has 0 bridgehead atoms. The number of likely N-dealkylation sites (N-methyl/N-ethyl adjacent to an activating group) is 1. The second-order valence-electron chi connectivity index (χ2n) is 5.94. The van der Waals surface area contributed by atoms with Gasteiger partial charge in [0.2, 0.25) is 0 Å². The average molecular weight is 387 g/mol. The van der Waals surface area contributed by atoms with E-state index in [1.165, 1.54) is 0 Å². The molecule has 0 aliphatic carbocycles. The number of rotatable bonds is 4. The van der Waals surface area contributed by atoms with Gasteiger partial charge in [-0.3, -0.25) is 14.2 Å². The van der Waals surface area contributed by atoms with Crippen LogP contribution in [0.2, 0.25) is 0 Å². The summed E-state index contributed by atoms with van der Waals surface area (Å²) in [6.45, 7) is 4.52. The molecular formula is C18H19BrN4O. The van der Waals surface area contributed by atoms with Crippen LogP contribution >= 0.6 is 15.9 Å². The highest BCUT2D eigenvalue weighted by Crippen LogP contribution is 2.23. The third kappa shape index (κ3) is 3.19. The molecule has 5 nitrogen and oxygen atoms in total. The Bertz CT molecular complexity index is 889. The average Bonchev–Trinajstić information content (AvgIpc) is 2.89. The second kappa shape index (κ2) is 6.73. The van der Waals surface area contributed by atoms with Gasteiger partial charge in [-0.1, -0.05) is 0 Å². The van der Waals surface area contributed by atoms with Crippen molar-refractivity contribution in [3.63, 3.8) is 0 Å². The number of pyridine rings is 2. The number of hydrogen-bond acceptors (Lipinski definition) is 3. The van der Waals surface area contributed by atoms with E-state index in [1.54, 1.807) is 17.3 Å². The van der Waals surface area contributed by atoms with E-state index in [4.69, 9.17) is 0 Å². The minimum atomic E-state index is -0.0217. The van der Waals surface area contributed by atoms with Crippen LogP contribution in [0.15, 0.2) is 41.3 Å². The van der Waals surface area contributed by atoms with Gasteiger partial charge in [-0.25, -0.2) is 4.98 Å². The number of aromatic nitrogens is 3. The zero-order valence-corrected chi connectivity index (χ0v) is 15.5. The number of carbonyl (C=O) groups is 1. The standard InChI is InChI=1S/C18H19BrN4O/c1-12-10-15(19)17-21-13(2)16(23(17)11-12)18(24)22(3)9-6-14-4-7-20-8-5-14/h4-5,7-8,10-11H,6,9H2,1-3H3. The molecule has 0 atom stereocenters. The summed E-state index contributed by atoms with van der Waals surface area (Å²) < 4.78 is 2.77. The summed E-state index contributed by atoms with van der Waals surface area (Å²) in [7, 11) is 1.83. The molecule has 0 N–H and O–H groups in total. The third-order valence-corrected chi connectivity index (χ3v) is 4.60. The summed E-state index contributed by atoms with van der Waals surface area (Å²) in [5.74, 6) is -0.0217. The van der Waals surface area contributed by atoms with E-state index in [9.17, 15) is 4.79 Å². The molecule has 0 unspecified atom stereocenters. The highest BCUT2D eigenvalue weighted by atomic mass is 79.9. The Morgan fingerprint density at radius 1 is 1.29 bits per heavy atom. The monoisotopic (exact) mass is 386 g/mol. The van der Waals surface area contributed by atoms with E-state index in [0.717, 1.165) is 33.4 Å². The minimum Gasteiger partial charge on any atom is -0.340 e. The van der Waals surface area contributed by atoms with Gasteiger partial charge in [0.15, 0.2) is 5.65 Å². The zero-order valence-electron chi connectivity index (χ0n) is 14.0. The highest BCUT2D eigenvalue weighted by Gasteiger charge is 2.21. The van der Waals surface area contributed by atoms with Crippen LogP contribution in [0.3, 0.4) is 0 Å². The fraction of sp³-hybridized carbons (Fsp3) is 0.278. The zero-order chi connectivity index (χ0) is 17.3. The Morgan fingerprint density at radius 2 is 2.00 bits per heavy atom. The van der Waals surface area contributed by atoms with Crippen LogP contribution in [0, 0.1) is 13.8 Å². The fourth-order valence-corrected chi connectivity index (χ4v) is 3.37. The van der Waals surface area contributed by atoms with Crippen LogP contribution in [0.1, 0.15) is 27.3 Å². The molecule has 0 radical (unpaired) electrons. The third-order valence-electron chi connectivity index (χ3n) is 4.02. The first-order valence-corrected chi connectivity index (χ1v) is 8.56. The number of carbonyl (C=O) groups excluding carboxylic acids is 1. The largest absolute Gasteiger partial charge is 0.340 e. The van der Waals surface area contributed by atoms with E-state index in [-0.39, 0.29) is 5.91 Å². The normalized spacial score (nSPS) is 11.0. The second-order valence-corrected chi connectivity index (χ2v) is 6.79. The molecule has 3 heterocycles. The molecule has 0 aromatic carbocycles. The van der Waals surface area contributed by atoms with Crippen LogP contribution in [-0.4, -0.2) is 38.8 Å². The van der Waals surface area contributed by atoms with Crippen LogP contribution in [0.5, 0.6) is 0 Å². The van der Waals surface area contributed by atoms with Crippen molar-refractivity contribution in [3.8, 4) is 0 Å². The van der Waals surface area contributed by atoms with Crippen molar-refractivity contribution < 1.29 is 4.79 Å². The van der Waals surface area contributed by atoms with Gasteiger partial charge in [0.05, 0.1) is 10.2 Å². The van der Waals surface area contributed by atoms with Crippen LogP contribution < -0.4 is 0 Å². The van der Waals surface area contributed by atoms with Gasteiger partial charge < -0.3 is 4.90 Å². The molecule has 24 heavy (non-hydrogen) atoms. The predicted octanol–water partition coefficient (Wildman–Crippen LogP) is 3.42. The molecule has 0 fully saturated rings. The maximum atomic E-state index is 12.9. The predicted molar refractivity (Wildman–Crippen MR) is 97.3 cm³/mol. The van der Waals surface area contributed by atoms with Crippen LogP contribution in [0.25, 0.3) is 5.65 Å². The smallest absolute Gasteiger partial charge is 0.272 e. The van der Waals surface area contributed by atoms with Gasteiger partial charge in [-0.15, -0.1) is 0 Å². The first kappa shape index (κ1) is 16.6. The summed E-state index contributed by atoms with van der Waals surface area (Å²) in [6, 6.07) is 5.94. The molecule has 3 aromatic heterocycles. The van der Waals surface area contributed by atoms with Crippen molar-refractivity contribution in [1.82, 2.24) is 19.3 Å². The van der Waals surface area contributed by atoms with Crippen molar-refractivity contribution in [2.45, 2.75) is 20.3 Å². The van der Waals surface area contributed by atoms with Gasteiger partial charge in [-0.05, 0) is 65.5 Å². The summed E-state index contributed by atoms with van der Waals surface area (Å²) in [6.07, 6.45) is 6.28. The number of amides is 1. The molecule has 6 heteroatoms. The fourth-order valence-electron chi connectivity index (χ4n) is 2.73. The van der Waals surface area contributed by atoms with Crippen molar-refractivity contribution in [2.24, 2.45) is 0 Å². The van der Waals surface area contributed by atoms with E-state index >= 15 is 0 Å². The van der Waals surface area contributed by atoms with E-state index < -0.39 is 0 Å². The van der Waals surface area contributed by atoms with Crippen molar-refractivity contribution in [3.05, 3.63) is 63.8 Å². The van der Waals surface area contributed by atoms with Gasteiger partial charge in [0.1, 0.15) is 5.69 Å². The number of fused-ring (bicyclic) bond motifs is 1. The molecule has 1 amide bonds. The van der Waals surface area contributed by atoms with Gasteiger partial charge in [0.25, 0.3) is 5.91 Å². The molecule has 3 rings (SSSR count). The molecule has 0 aliphatic rings. The Kier molecular flexibility index (Phi) is 4.66. The SMILES string of the molecule is Cc1cc(Br)c2nc(C)c(C(=O)N(C)CCc3ccncc3)n2c1. The highest BCUT2D eigenvalue weighted by molar-refractivity contribution is 9.10. The Hall–Kier alpha value is -2.21.